The van der Waals surface area contributed by atoms with Crippen LogP contribution in [0.5, 0.6) is 5.75 Å². The van der Waals surface area contributed by atoms with Crippen molar-refractivity contribution in [3.05, 3.63) is 35.4 Å². The molecule has 1 amide bonds. The zero-order chi connectivity index (χ0) is 16.8. The number of ether oxygens (including phenoxy) is 1. The highest BCUT2D eigenvalue weighted by molar-refractivity contribution is 6.16. The molecule has 2 aliphatic rings. The molecular formula is C14H10F3N3O3. The number of aliphatic imine (C=N–C) groups is 1. The molecule has 1 unspecified atom stereocenters. The van der Waals surface area contributed by atoms with Gasteiger partial charge in [-0.2, -0.15) is 18.2 Å². The monoisotopic (exact) mass is 325 g/mol. The van der Waals surface area contributed by atoms with Gasteiger partial charge in [0.1, 0.15) is 11.4 Å². The molecule has 6 nitrogen and oxygen atoms in total. The molecule has 1 aromatic carbocycles. The summed E-state index contributed by atoms with van der Waals surface area (Å²) in [6.07, 6.45) is -6.27. The molecule has 0 radical (unpaired) electrons. The molecule has 1 atom stereocenters. The minimum Gasteiger partial charge on any atom is -0.497 e. The molecule has 2 aliphatic heterocycles. The van der Waals surface area contributed by atoms with Gasteiger partial charge < -0.3 is 9.84 Å². The fourth-order valence-corrected chi connectivity index (χ4v) is 2.44. The third-order valence-electron chi connectivity index (χ3n) is 3.57. The second-order valence-electron chi connectivity index (χ2n) is 5.02. The van der Waals surface area contributed by atoms with Crippen molar-refractivity contribution in [3.63, 3.8) is 0 Å². The Morgan fingerprint density at radius 3 is 2.70 bits per heavy atom. The maximum Gasteiger partial charge on any atom is 0.422 e. The molecule has 23 heavy (non-hydrogen) atoms. The number of hydrogen-bond acceptors (Lipinski definition) is 5. The Balaban J connectivity index is 2.24. The van der Waals surface area contributed by atoms with Crippen LogP contribution in [-0.4, -0.2) is 35.7 Å². The lowest BCUT2D eigenvalue weighted by molar-refractivity contribution is -0.243. The number of rotatable bonds is 2. The quantitative estimate of drug-likeness (QED) is 0.907. The second-order valence-corrected chi connectivity index (χ2v) is 5.02. The zero-order valence-corrected chi connectivity index (χ0v) is 11.8. The highest BCUT2D eigenvalue weighted by atomic mass is 19.4. The molecule has 120 valence electrons. The van der Waals surface area contributed by atoms with Gasteiger partial charge in [-0.1, -0.05) is 12.1 Å². The number of methoxy groups -OCH3 is 1. The predicted octanol–water partition coefficient (Wildman–Crippen LogP) is 2.49. The van der Waals surface area contributed by atoms with E-state index < -0.39 is 35.5 Å². The first-order valence-corrected chi connectivity index (χ1v) is 6.48. The first kappa shape index (κ1) is 15.3. The van der Waals surface area contributed by atoms with Crippen molar-refractivity contribution in [2.75, 3.05) is 7.11 Å². The Hall–Kier alpha value is -2.55. The van der Waals surface area contributed by atoms with Crippen LogP contribution in [-0.2, 0) is 4.79 Å². The minimum atomic E-state index is -5.07. The SMILES string of the molecule is COc1cccc(C2=C3C(=NC(=O)CC3(O)C(F)(F)F)N=N2)c1. The number of hydrogen-bond donors (Lipinski definition) is 1. The van der Waals surface area contributed by atoms with E-state index in [-0.39, 0.29) is 11.3 Å². The van der Waals surface area contributed by atoms with Gasteiger partial charge in [0, 0.05) is 5.56 Å². The Labute approximate surface area is 128 Å². The fourth-order valence-electron chi connectivity index (χ4n) is 2.44. The first-order valence-electron chi connectivity index (χ1n) is 6.48. The van der Waals surface area contributed by atoms with Crippen molar-refractivity contribution in [1.82, 2.24) is 0 Å². The summed E-state index contributed by atoms with van der Waals surface area (Å²) < 4.78 is 45.1. The predicted molar refractivity (Wildman–Crippen MR) is 72.8 cm³/mol. The number of nitrogens with zero attached hydrogens (tertiary/aromatic N) is 3. The van der Waals surface area contributed by atoms with Gasteiger partial charge in [-0.15, -0.1) is 10.2 Å². The van der Waals surface area contributed by atoms with E-state index in [1.54, 1.807) is 12.1 Å². The Kier molecular flexibility index (Phi) is 3.33. The van der Waals surface area contributed by atoms with Crippen molar-refractivity contribution in [2.45, 2.75) is 18.2 Å². The normalized spacial score (nSPS) is 23.9. The molecule has 0 saturated heterocycles. The number of azo groups is 1. The van der Waals surface area contributed by atoms with Crippen molar-refractivity contribution in [3.8, 4) is 5.75 Å². The number of amides is 1. The highest BCUT2D eigenvalue weighted by Gasteiger charge is 2.62. The molecule has 0 spiro atoms. The van der Waals surface area contributed by atoms with E-state index in [2.05, 4.69) is 15.2 Å². The maximum atomic E-state index is 13.4. The summed E-state index contributed by atoms with van der Waals surface area (Å²) in [5, 5.41) is 17.4. The van der Waals surface area contributed by atoms with E-state index in [1.165, 1.54) is 19.2 Å². The molecule has 2 heterocycles. The fraction of sp³-hybridized carbons (Fsp3) is 0.286. The average Bonchev–Trinajstić information content (AvgIpc) is 2.90. The third-order valence-corrected chi connectivity index (χ3v) is 3.57. The van der Waals surface area contributed by atoms with Crippen molar-refractivity contribution in [2.24, 2.45) is 15.2 Å². The number of aliphatic hydroxyl groups is 1. The summed E-state index contributed by atoms with van der Waals surface area (Å²) in [5.74, 6) is -1.22. The number of halogens is 3. The summed E-state index contributed by atoms with van der Waals surface area (Å²) in [6.45, 7) is 0. The molecule has 0 fully saturated rings. The van der Waals surface area contributed by atoms with Gasteiger partial charge >= 0.3 is 6.18 Å². The molecule has 9 heteroatoms. The van der Waals surface area contributed by atoms with E-state index in [1.807, 2.05) is 0 Å². The van der Waals surface area contributed by atoms with Crippen LogP contribution < -0.4 is 4.74 Å². The van der Waals surface area contributed by atoms with E-state index in [9.17, 15) is 23.1 Å². The van der Waals surface area contributed by atoms with Crippen molar-refractivity contribution in [1.29, 1.82) is 0 Å². The van der Waals surface area contributed by atoms with Crippen LogP contribution in [0.25, 0.3) is 5.70 Å². The largest absolute Gasteiger partial charge is 0.497 e. The van der Waals surface area contributed by atoms with Crippen LogP contribution in [0.4, 0.5) is 13.2 Å². The number of carbonyl (C=O) groups excluding carboxylic acids is 1. The molecule has 0 aliphatic carbocycles. The van der Waals surface area contributed by atoms with Gasteiger partial charge in [0.25, 0.3) is 5.91 Å². The summed E-state index contributed by atoms with van der Waals surface area (Å²) in [4.78, 5) is 14.9. The zero-order valence-electron chi connectivity index (χ0n) is 11.8. The van der Waals surface area contributed by atoms with Gasteiger partial charge in [0.2, 0.25) is 5.60 Å². The lowest BCUT2D eigenvalue weighted by Gasteiger charge is -2.32. The second kappa shape index (κ2) is 4.98. The Morgan fingerprint density at radius 2 is 2.04 bits per heavy atom. The van der Waals surface area contributed by atoms with Crippen LogP contribution in [0, 0.1) is 0 Å². The summed E-state index contributed by atoms with van der Waals surface area (Å²) >= 11 is 0. The molecule has 1 aromatic rings. The number of benzene rings is 1. The molecule has 0 saturated carbocycles. The van der Waals surface area contributed by atoms with Crippen LogP contribution in [0.3, 0.4) is 0 Å². The molecule has 0 aromatic heterocycles. The summed E-state index contributed by atoms with van der Waals surface area (Å²) in [7, 11) is 1.41. The Bertz CT molecular complexity index is 783. The molecule has 1 N–H and O–H groups in total. The minimum absolute atomic E-state index is 0.185. The van der Waals surface area contributed by atoms with Crippen molar-refractivity contribution < 1.29 is 27.8 Å². The Morgan fingerprint density at radius 1 is 1.30 bits per heavy atom. The van der Waals surface area contributed by atoms with E-state index in [0.717, 1.165) is 0 Å². The van der Waals surface area contributed by atoms with Crippen LogP contribution >= 0.6 is 0 Å². The van der Waals surface area contributed by atoms with Gasteiger partial charge in [-0.3, -0.25) is 4.79 Å². The van der Waals surface area contributed by atoms with Crippen molar-refractivity contribution >= 4 is 17.4 Å². The van der Waals surface area contributed by atoms with E-state index >= 15 is 0 Å². The van der Waals surface area contributed by atoms with Gasteiger partial charge in [0.15, 0.2) is 5.84 Å². The molecular weight excluding hydrogens is 315 g/mol. The standard InChI is InChI=1S/C14H10F3N3O3/c1-23-8-4-2-3-7(5-8)11-10-12(20-19-11)18-9(21)6-13(10,22)14(15,16)17/h2-5,22H,6H2,1H3. The van der Waals surface area contributed by atoms with Crippen LogP contribution in [0.1, 0.15) is 12.0 Å². The lowest BCUT2D eigenvalue weighted by Crippen LogP contribution is -2.52. The molecule has 3 rings (SSSR count). The van der Waals surface area contributed by atoms with Gasteiger partial charge in [-0.05, 0) is 12.1 Å². The highest BCUT2D eigenvalue weighted by Crippen LogP contribution is 2.47. The maximum absolute atomic E-state index is 13.4. The van der Waals surface area contributed by atoms with Crippen LogP contribution in [0.2, 0.25) is 0 Å². The van der Waals surface area contributed by atoms with E-state index in [4.69, 9.17) is 4.74 Å². The third kappa shape index (κ3) is 2.33. The number of fused-ring (bicyclic) bond motifs is 1. The average molecular weight is 325 g/mol. The molecule has 0 bridgehead atoms. The smallest absolute Gasteiger partial charge is 0.422 e. The van der Waals surface area contributed by atoms with Gasteiger partial charge in [-0.25, -0.2) is 0 Å². The summed E-state index contributed by atoms with van der Waals surface area (Å²) in [6, 6.07) is 6.13. The lowest BCUT2D eigenvalue weighted by atomic mass is 9.84. The number of carbonyl (C=O) groups is 1. The number of alkyl halides is 3. The topological polar surface area (TPSA) is 83.6 Å². The number of amidine groups is 1. The van der Waals surface area contributed by atoms with E-state index in [0.29, 0.717) is 5.75 Å². The first-order chi connectivity index (χ1) is 10.8. The summed E-state index contributed by atoms with van der Waals surface area (Å²) in [5.41, 5.74) is -3.90. The van der Waals surface area contributed by atoms with Gasteiger partial charge in [0.05, 0.1) is 19.1 Å². The van der Waals surface area contributed by atoms with Crippen LogP contribution in [0.15, 0.2) is 45.1 Å².